The minimum Gasteiger partial charge on any atom is -0.467 e. The molecule has 16 heteroatoms. The Morgan fingerprint density at radius 1 is 1.08 bits per heavy atom. The normalized spacial score (nSPS) is 15.5. The number of aromatic nitrogens is 3. The molecule has 4 aromatic rings. The lowest BCUT2D eigenvalue weighted by atomic mass is 9.84. The summed E-state index contributed by atoms with van der Waals surface area (Å²) in [4.78, 5) is 73.8. The van der Waals surface area contributed by atoms with Crippen LogP contribution in [-0.4, -0.2) is 119 Å². The highest BCUT2D eigenvalue weighted by Crippen LogP contribution is 2.41. The highest BCUT2D eigenvalue weighted by molar-refractivity contribution is 5.95. The summed E-state index contributed by atoms with van der Waals surface area (Å²) in [5.41, 5.74) is 9.00. The van der Waals surface area contributed by atoms with Crippen LogP contribution in [-0.2, 0) is 52.8 Å². The quantitative estimate of drug-likeness (QED) is 0.0847. The first-order valence-electron chi connectivity index (χ1n) is 22.2. The number of fused-ring (bicyclic) bond motifs is 1. The molecule has 0 saturated carbocycles. The van der Waals surface area contributed by atoms with Crippen LogP contribution < -0.4 is 10.7 Å². The van der Waals surface area contributed by atoms with Gasteiger partial charge < -0.3 is 33.6 Å². The minimum atomic E-state index is -0.986. The molecule has 0 aliphatic carbocycles. The Balaban J connectivity index is 0.000000762. The van der Waals surface area contributed by atoms with Gasteiger partial charge in [0.05, 0.1) is 30.5 Å². The molecule has 2 saturated heterocycles. The summed E-state index contributed by atoms with van der Waals surface area (Å²) in [5, 5.41) is 5.45. The van der Waals surface area contributed by atoms with Crippen LogP contribution in [0.1, 0.15) is 90.5 Å². The predicted molar refractivity (Wildman–Crippen MR) is 244 cm³/mol. The van der Waals surface area contributed by atoms with Crippen molar-refractivity contribution < 1.29 is 37.9 Å². The fourth-order valence-electron chi connectivity index (χ4n) is 8.56. The molecule has 2 fully saturated rings. The van der Waals surface area contributed by atoms with E-state index in [-0.39, 0.29) is 42.8 Å². The number of hydrogen-bond donors (Lipinski definition) is 2. The van der Waals surface area contributed by atoms with E-state index in [2.05, 4.69) is 60.9 Å². The summed E-state index contributed by atoms with van der Waals surface area (Å²) in [5.74, 6) is -0.566. The Labute approximate surface area is 376 Å². The average molecular weight is 883 g/mol. The smallest absolute Gasteiger partial charge is 0.293 e. The number of nitrogens with one attached hydrogen (secondary N) is 2. The second kappa shape index (κ2) is 22.7. The Bertz CT molecular complexity index is 2240. The standard InChI is InChI=1S/C41H55N7O7.C7H11NO/c1-9-47-34-15-14-28(19-30(34)31(21-41(5,6)23-54-25-50)38(47)29-13-12-16-42-36(29)27(4)53-8)33-22-55-35(44-33)20-32(40(52)48-18-11-10-17-43-48)45-39(51)37(26(2)3)46(7)24-49;1-2-7(9)8-5-3-4-6-8/h12-16,19,22,24-27,32,37,43H,9-11,17-18,20-21,23H2,1-8H3,(H,45,51);2H,1,3-6H2. The highest BCUT2D eigenvalue weighted by atomic mass is 16.5. The fourth-order valence-corrected chi connectivity index (χ4v) is 8.56. The number of methoxy groups -OCH3 is 1. The summed E-state index contributed by atoms with van der Waals surface area (Å²) in [7, 11) is 3.22. The third-order valence-corrected chi connectivity index (χ3v) is 11.8. The van der Waals surface area contributed by atoms with Gasteiger partial charge in [-0.2, -0.15) is 0 Å². The number of pyridine rings is 1. The van der Waals surface area contributed by atoms with Crippen molar-refractivity contribution in [1.29, 1.82) is 0 Å². The zero-order chi connectivity index (χ0) is 46.6. The number of oxazole rings is 1. The molecule has 2 aliphatic heterocycles. The van der Waals surface area contributed by atoms with Crippen molar-refractivity contribution in [3.05, 3.63) is 72.6 Å². The van der Waals surface area contributed by atoms with E-state index in [0.29, 0.717) is 44.6 Å². The van der Waals surface area contributed by atoms with Gasteiger partial charge in [0.2, 0.25) is 18.2 Å². The van der Waals surface area contributed by atoms with Crippen LogP contribution in [0.4, 0.5) is 0 Å². The number of likely N-dealkylation sites (tertiary alicyclic amines) is 1. The van der Waals surface area contributed by atoms with Crippen molar-refractivity contribution in [3.8, 4) is 22.5 Å². The molecule has 3 atom stereocenters. The summed E-state index contributed by atoms with van der Waals surface area (Å²) in [6.07, 6.45) is 9.76. The van der Waals surface area contributed by atoms with Crippen molar-refractivity contribution in [1.82, 2.24) is 40.1 Å². The van der Waals surface area contributed by atoms with Crippen LogP contribution >= 0.6 is 0 Å². The number of carbonyl (C=O) groups is 5. The third kappa shape index (κ3) is 11.8. The van der Waals surface area contributed by atoms with Crippen LogP contribution in [0.5, 0.6) is 0 Å². The van der Waals surface area contributed by atoms with Gasteiger partial charge in [0.1, 0.15) is 24.0 Å². The van der Waals surface area contributed by atoms with E-state index in [9.17, 15) is 24.0 Å². The number of rotatable bonds is 19. The SMILES string of the molecule is C=CC(=O)N1CCCC1.CCn1c(-c2cccnc2C(C)OC)c(CC(C)(C)COC=O)c2cc(-c3coc(CC(NC(=O)C(C(C)C)N(C)C=O)C(=O)N4CCCCN4)n3)ccc21. The van der Waals surface area contributed by atoms with Crippen molar-refractivity contribution in [3.63, 3.8) is 0 Å². The zero-order valence-electron chi connectivity index (χ0n) is 38.7. The van der Waals surface area contributed by atoms with Crippen molar-refractivity contribution >= 4 is 41.5 Å². The van der Waals surface area contributed by atoms with E-state index in [0.717, 1.165) is 77.8 Å². The summed E-state index contributed by atoms with van der Waals surface area (Å²) < 4.78 is 19.3. The third-order valence-electron chi connectivity index (χ3n) is 11.8. The maximum Gasteiger partial charge on any atom is 0.293 e. The molecule has 16 nitrogen and oxygen atoms in total. The number of hydrogen-bond acceptors (Lipinski definition) is 11. The molecule has 6 rings (SSSR count). The largest absolute Gasteiger partial charge is 0.467 e. The van der Waals surface area contributed by atoms with Gasteiger partial charge in [-0.1, -0.05) is 40.3 Å². The average Bonchev–Trinajstić information content (AvgIpc) is 4.08. The van der Waals surface area contributed by atoms with Gasteiger partial charge in [-0.05, 0) is 87.8 Å². The number of benzene rings is 1. The topological polar surface area (TPSA) is 181 Å². The maximum absolute atomic E-state index is 13.8. The lowest BCUT2D eigenvalue weighted by Crippen LogP contribution is -2.59. The van der Waals surface area contributed by atoms with Gasteiger partial charge in [-0.25, -0.2) is 10.4 Å². The zero-order valence-corrected chi connectivity index (χ0v) is 38.7. The Kier molecular flexibility index (Phi) is 17.4. The lowest BCUT2D eigenvalue weighted by Gasteiger charge is -2.33. The van der Waals surface area contributed by atoms with E-state index < -0.39 is 23.4 Å². The summed E-state index contributed by atoms with van der Waals surface area (Å²) >= 11 is 0. The molecule has 0 spiro atoms. The molecule has 346 valence electrons. The molecule has 2 aliphatic rings. The first kappa shape index (κ1) is 49.2. The first-order chi connectivity index (χ1) is 30.7. The maximum atomic E-state index is 13.8. The number of carbonyl (C=O) groups excluding carboxylic acids is 5. The lowest BCUT2D eigenvalue weighted by molar-refractivity contribution is -0.142. The van der Waals surface area contributed by atoms with Crippen molar-refractivity contribution in [2.24, 2.45) is 11.3 Å². The van der Waals surface area contributed by atoms with E-state index in [4.69, 9.17) is 23.9 Å². The molecule has 2 N–H and O–H groups in total. The van der Waals surface area contributed by atoms with Crippen LogP contribution in [0.25, 0.3) is 33.4 Å². The predicted octanol–water partition coefficient (Wildman–Crippen LogP) is 5.89. The van der Waals surface area contributed by atoms with E-state index in [1.165, 1.54) is 11.0 Å². The monoisotopic (exact) mass is 883 g/mol. The Morgan fingerprint density at radius 3 is 2.44 bits per heavy atom. The van der Waals surface area contributed by atoms with Gasteiger partial charge in [0.25, 0.3) is 12.4 Å². The van der Waals surface area contributed by atoms with Gasteiger partial charge in [0, 0.05) is 80.5 Å². The molecule has 64 heavy (non-hydrogen) atoms. The number of amides is 4. The van der Waals surface area contributed by atoms with Gasteiger partial charge in [-0.3, -0.25) is 34.0 Å². The molecule has 3 unspecified atom stereocenters. The molecule has 0 radical (unpaired) electrons. The Hall–Kier alpha value is -5.87. The number of likely N-dealkylation sites (N-methyl/N-ethyl adjacent to an activating group) is 1. The van der Waals surface area contributed by atoms with Crippen molar-refractivity contribution in [2.75, 3.05) is 46.9 Å². The van der Waals surface area contributed by atoms with E-state index >= 15 is 0 Å². The second-order valence-corrected chi connectivity index (χ2v) is 17.6. The Morgan fingerprint density at radius 2 is 1.81 bits per heavy atom. The number of hydrazine groups is 1. The molecule has 5 heterocycles. The van der Waals surface area contributed by atoms with E-state index in [1.54, 1.807) is 31.6 Å². The summed E-state index contributed by atoms with van der Waals surface area (Å²) in [6, 6.07) is 8.41. The second-order valence-electron chi connectivity index (χ2n) is 17.6. The fraction of sp³-hybridized carbons (Fsp3) is 0.521. The van der Waals surface area contributed by atoms with E-state index in [1.807, 2.05) is 37.8 Å². The van der Waals surface area contributed by atoms with Crippen LogP contribution in [0, 0.1) is 11.3 Å². The number of aryl methyl sites for hydroxylation is 1. The number of nitrogens with zero attached hydrogens (tertiary/aromatic N) is 6. The number of ether oxygens (including phenoxy) is 2. The molecule has 3 aromatic heterocycles. The first-order valence-corrected chi connectivity index (χ1v) is 22.2. The van der Waals surface area contributed by atoms with Crippen LogP contribution in [0.3, 0.4) is 0 Å². The van der Waals surface area contributed by atoms with Gasteiger partial charge in [0.15, 0.2) is 5.89 Å². The highest BCUT2D eigenvalue weighted by Gasteiger charge is 2.34. The van der Waals surface area contributed by atoms with Gasteiger partial charge in [-0.15, -0.1) is 0 Å². The van der Waals surface area contributed by atoms with Gasteiger partial charge >= 0.3 is 0 Å². The van der Waals surface area contributed by atoms with Crippen molar-refractivity contribution in [2.45, 2.75) is 105 Å². The molecular formula is C48H66N8O8. The van der Waals surface area contributed by atoms with Crippen LogP contribution in [0.2, 0.25) is 0 Å². The molecular weight excluding hydrogens is 817 g/mol. The molecule has 1 aromatic carbocycles. The minimum absolute atomic E-state index is 0.00855. The van der Waals surface area contributed by atoms with Crippen LogP contribution in [0.15, 0.2) is 59.9 Å². The summed E-state index contributed by atoms with van der Waals surface area (Å²) in [6.45, 7) is 19.8. The molecule has 4 amide bonds. The molecule has 0 bridgehead atoms.